The van der Waals surface area contributed by atoms with Gasteiger partial charge in [0.05, 0.1) is 5.03 Å². The van der Waals surface area contributed by atoms with Crippen molar-refractivity contribution in [3.05, 3.63) is 23.9 Å². The Morgan fingerprint density at radius 1 is 1.60 bits per heavy atom. The van der Waals surface area contributed by atoms with Crippen LogP contribution in [0.15, 0.2) is 23.4 Å². The van der Waals surface area contributed by atoms with Crippen LogP contribution in [0.4, 0.5) is 0 Å². The summed E-state index contributed by atoms with van der Waals surface area (Å²) in [4.78, 5) is 15.4. The summed E-state index contributed by atoms with van der Waals surface area (Å²) in [6.07, 6.45) is 2.88. The van der Waals surface area contributed by atoms with E-state index in [2.05, 4.69) is 18.8 Å². The molecule has 0 spiro atoms. The molecule has 1 aromatic rings. The lowest BCUT2D eigenvalue weighted by Crippen LogP contribution is -1.97. The minimum absolute atomic E-state index is 0.0998. The number of carbonyl (C=O) groups excluding carboxylic acids is 1. The van der Waals surface area contributed by atoms with Crippen LogP contribution in [0.2, 0.25) is 0 Å². The quantitative estimate of drug-likeness (QED) is 0.566. The Kier molecular flexibility index (Phi) is 4.82. The normalized spacial score (nSPS) is 12.5. The minimum atomic E-state index is 0.0998. The van der Waals surface area contributed by atoms with Gasteiger partial charge in [0.15, 0.2) is 5.78 Å². The first-order chi connectivity index (χ1) is 7.13. The van der Waals surface area contributed by atoms with Gasteiger partial charge in [-0.15, -0.1) is 11.8 Å². The van der Waals surface area contributed by atoms with Crippen molar-refractivity contribution in [3.8, 4) is 0 Å². The van der Waals surface area contributed by atoms with E-state index in [0.717, 1.165) is 16.3 Å². The first-order valence-electron chi connectivity index (χ1n) is 5.23. The van der Waals surface area contributed by atoms with E-state index in [-0.39, 0.29) is 5.78 Å². The summed E-state index contributed by atoms with van der Waals surface area (Å²) in [6, 6.07) is 3.63. The fraction of sp³-hybridized carbons (Fsp3) is 0.500. The van der Waals surface area contributed by atoms with Gasteiger partial charge in [0.1, 0.15) is 0 Å². The second kappa shape index (κ2) is 5.91. The van der Waals surface area contributed by atoms with E-state index in [1.165, 1.54) is 6.42 Å². The maximum atomic E-state index is 11.2. The van der Waals surface area contributed by atoms with Crippen LogP contribution >= 0.6 is 11.8 Å². The molecule has 15 heavy (non-hydrogen) atoms. The standard InChI is InChI=1S/C12H17NOS/c1-4-9(2)8-15-12-7-11(10(3)14)5-6-13-12/h5-7,9H,4,8H2,1-3H3. The largest absolute Gasteiger partial charge is 0.295 e. The second-order valence-electron chi connectivity index (χ2n) is 3.76. The minimum Gasteiger partial charge on any atom is -0.295 e. The molecule has 0 fully saturated rings. The van der Waals surface area contributed by atoms with Crippen LogP contribution < -0.4 is 0 Å². The van der Waals surface area contributed by atoms with Gasteiger partial charge in [-0.05, 0) is 25.0 Å². The highest BCUT2D eigenvalue weighted by molar-refractivity contribution is 7.99. The van der Waals surface area contributed by atoms with Crippen molar-refractivity contribution in [3.63, 3.8) is 0 Å². The zero-order valence-electron chi connectivity index (χ0n) is 9.49. The fourth-order valence-electron chi connectivity index (χ4n) is 1.05. The van der Waals surface area contributed by atoms with E-state index >= 15 is 0 Å². The maximum Gasteiger partial charge on any atom is 0.159 e. The van der Waals surface area contributed by atoms with E-state index in [9.17, 15) is 4.79 Å². The van der Waals surface area contributed by atoms with Crippen molar-refractivity contribution >= 4 is 17.5 Å². The first kappa shape index (κ1) is 12.2. The van der Waals surface area contributed by atoms with Crippen LogP contribution in [0.3, 0.4) is 0 Å². The molecule has 0 aromatic carbocycles. The van der Waals surface area contributed by atoms with Gasteiger partial charge in [-0.3, -0.25) is 4.79 Å². The molecule has 0 aliphatic heterocycles. The van der Waals surface area contributed by atoms with Crippen LogP contribution in [0.5, 0.6) is 0 Å². The van der Waals surface area contributed by atoms with Gasteiger partial charge in [-0.2, -0.15) is 0 Å². The predicted octanol–water partition coefficient (Wildman–Crippen LogP) is 3.42. The zero-order chi connectivity index (χ0) is 11.3. The van der Waals surface area contributed by atoms with E-state index in [4.69, 9.17) is 0 Å². The highest BCUT2D eigenvalue weighted by atomic mass is 32.2. The number of aromatic nitrogens is 1. The molecular weight excluding hydrogens is 206 g/mol. The lowest BCUT2D eigenvalue weighted by molar-refractivity contribution is 0.101. The van der Waals surface area contributed by atoms with Gasteiger partial charge in [-0.25, -0.2) is 4.98 Å². The summed E-state index contributed by atoms with van der Waals surface area (Å²) in [5.74, 6) is 1.85. The molecule has 82 valence electrons. The van der Waals surface area contributed by atoms with E-state index < -0.39 is 0 Å². The van der Waals surface area contributed by atoms with Gasteiger partial charge in [0.2, 0.25) is 0 Å². The van der Waals surface area contributed by atoms with Crippen molar-refractivity contribution in [2.45, 2.75) is 32.2 Å². The SMILES string of the molecule is CCC(C)CSc1cc(C(C)=O)ccn1. The summed E-state index contributed by atoms with van der Waals surface area (Å²) in [7, 11) is 0. The maximum absolute atomic E-state index is 11.2. The molecule has 0 N–H and O–H groups in total. The summed E-state index contributed by atoms with van der Waals surface area (Å²) >= 11 is 1.72. The Balaban J connectivity index is 2.62. The van der Waals surface area contributed by atoms with Crippen LogP contribution in [0.25, 0.3) is 0 Å². The van der Waals surface area contributed by atoms with Crippen LogP contribution in [-0.2, 0) is 0 Å². The zero-order valence-corrected chi connectivity index (χ0v) is 10.3. The lowest BCUT2D eigenvalue weighted by atomic mass is 10.2. The van der Waals surface area contributed by atoms with E-state index in [1.807, 2.05) is 6.07 Å². The summed E-state index contributed by atoms with van der Waals surface area (Å²) in [5.41, 5.74) is 0.747. The van der Waals surface area contributed by atoms with Gasteiger partial charge in [0.25, 0.3) is 0 Å². The van der Waals surface area contributed by atoms with Crippen molar-refractivity contribution in [2.24, 2.45) is 5.92 Å². The van der Waals surface area contributed by atoms with Crippen LogP contribution in [0.1, 0.15) is 37.6 Å². The third-order valence-electron chi connectivity index (χ3n) is 2.35. The van der Waals surface area contributed by atoms with Gasteiger partial charge in [-0.1, -0.05) is 20.3 Å². The molecule has 0 amide bonds. The number of ketones is 1. The van der Waals surface area contributed by atoms with Gasteiger partial charge < -0.3 is 0 Å². The van der Waals surface area contributed by atoms with Crippen molar-refractivity contribution in [1.82, 2.24) is 4.98 Å². The molecule has 1 unspecified atom stereocenters. The topological polar surface area (TPSA) is 30.0 Å². The average Bonchev–Trinajstić information content (AvgIpc) is 2.26. The average molecular weight is 223 g/mol. The number of hydrogen-bond acceptors (Lipinski definition) is 3. The van der Waals surface area contributed by atoms with Crippen molar-refractivity contribution in [2.75, 3.05) is 5.75 Å². The molecule has 1 aromatic heterocycles. The van der Waals surface area contributed by atoms with Gasteiger partial charge >= 0.3 is 0 Å². The Bertz CT molecular complexity index is 338. The molecule has 2 nitrogen and oxygen atoms in total. The first-order valence-corrected chi connectivity index (χ1v) is 6.21. The summed E-state index contributed by atoms with van der Waals surface area (Å²) in [6.45, 7) is 5.99. The molecule has 0 aliphatic rings. The fourth-order valence-corrected chi connectivity index (χ4v) is 2.09. The van der Waals surface area contributed by atoms with Crippen LogP contribution in [-0.4, -0.2) is 16.5 Å². The summed E-state index contributed by atoms with van der Waals surface area (Å²) < 4.78 is 0. The number of rotatable bonds is 5. The number of carbonyl (C=O) groups is 1. The molecular formula is C12H17NOS. The monoisotopic (exact) mass is 223 g/mol. The van der Waals surface area contributed by atoms with Gasteiger partial charge in [0, 0.05) is 17.5 Å². The van der Waals surface area contributed by atoms with Crippen molar-refractivity contribution in [1.29, 1.82) is 0 Å². The Morgan fingerprint density at radius 2 is 2.33 bits per heavy atom. The molecule has 0 saturated carbocycles. The number of Topliss-reactive ketones (excluding diaryl/α,β-unsaturated/α-hetero) is 1. The Hall–Kier alpha value is -0.830. The highest BCUT2D eigenvalue weighted by Crippen LogP contribution is 2.20. The van der Waals surface area contributed by atoms with Crippen LogP contribution in [0, 0.1) is 5.92 Å². The van der Waals surface area contributed by atoms with E-state index in [1.54, 1.807) is 30.9 Å². The molecule has 0 aliphatic carbocycles. The third kappa shape index (κ3) is 4.04. The molecule has 1 rings (SSSR count). The molecule has 3 heteroatoms. The third-order valence-corrected chi connectivity index (χ3v) is 3.61. The number of pyridine rings is 1. The lowest BCUT2D eigenvalue weighted by Gasteiger charge is -2.07. The predicted molar refractivity (Wildman–Crippen MR) is 64.4 cm³/mol. The van der Waals surface area contributed by atoms with E-state index in [0.29, 0.717) is 5.92 Å². The molecule has 1 heterocycles. The Morgan fingerprint density at radius 3 is 2.93 bits per heavy atom. The Labute approximate surface area is 95.5 Å². The summed E-state index contributed by atoms with van der Waals surface area (Å²) in [5, 5.41) is 0.947. The smallest absolute Gasteiger partial charge is 0.159 e. The number of nitrogens with zero attached hydrogens (tertiary/aromatic N) is 1. The molecule has 0 radical (unpaired) electrons. The van der Waals surface area contributed by atoms with Crippen molar-refractivity contribution < 1.29 is 4.79 Å². The number of thioether (sulfide) groups is 1. The second-order valence-corrected chi connectivity index (χ2v) is 4.80. The molecule has 0 bridgehead atoms. The highest BCUT2D eigenvalue weighted by Gasteiger charge is 2.04. The molecule has 1 atom stereocenters. The molecule has 0 saturated heterocycles. The number of hydrogen-bond donors (Lipinski definition) is 0.